The largest absolute Gasteiger partial charge is 0.353 e. The predicted octanol–water partition coefficient (Wildman–Crippen LogP) is 3.23. The van der Waals surface area contributed by atoms with Gasteiger partial charge in [-0.2, -0.15) is 0 Å². The van der Waals surface area contributed by atoms with E-state index in [0.29, 0.717) is 18.0 Å². The van der Waals surface area contributed by atoms with Gasteiger partial charge in [0.15, 0.2) is 0 Å². The lowest BCUT2D eigenvalue weighted by atomic mass is 9.78. The Labute approximate surface area is 124 Å². The maximum absolute atomic E-state index is 12.5. The van der Waals surface area contributed by atoms with E-state index in [4.69, 9.17) is 5.73 Å². The quantitative estimate of drug-likeness (QED) is 0.830. The molecule has 3 nitrogen and oxygen atoms in total. The van der Waals surface area contributed by atoms with E-state index in [1.54, 1.807) is 0 Å². The molecule has 116 valence electrons. The Bertz CT molecular complexity index is 318. The van der Waals surface area contributed by atoms with Gasteiger partial charge in [0.1, 0.15) is 0 Å². The van der Waals surface area contributed by atoms with Gasteiger partial charge in [0.05, 0.1) is 0 Å². The molecule has 0 aliphatic heterocycles. The summed E-state index contributed by atoms with van der Waals surface area (Å²) in [5, 5.41) is 3.32. The summed E-state index contributed by atoms with van der Waals surface area (Å²) >= 11 is 0. The zero-order valence-electron chi connectivity index (χ0n) is 13.2. The van der Waals surface area contributed by atoms with Crippen molar-refractivity contribution in [2.24, 2.45) is 23.5 Å². The molecule has 1 amide bonds. The first-order valence-electron chi connectivity index (χ1n) is 8.66. The molecule has 2 fully saturated rings. The molecular weight excluding hydrogens is 248 g/mol. The molecule has 0 bridgehead atoms. The Kier molecular flexibility index (Phi) is 5.88. The minimum atomic E-state index is 0.128. The van der Waals surface area contributed by atoms with Gasteiger partial charge in [-0.3, -0.25) is 4.79 Å². The third-order valence-corrected chi connectivity index (χ3v) is 5.58. The van der Waals surface area contributed by atoms with E-state index < -0.39 is 0 Å². The second-order valence-corrected chi connectivity index (χ2v) is 7.12. The second kappa shape index (κ2) is 7.44. The topological polar surface area (TPSA) is 55.1 Å². The number of hydrogen-bond donors (Lipinski definition) is 2. The summed E-state index contributed by atoms with van der Waals surface area (Å²) < 4.78 is 0. The molecular formula is C17H32N2O. The molecule has 2 aliphatic carbocycles. The van der Waals surface area contributed by atoms with Crippen molar-refractivity contribution in [3.63, 3.8) is 0 Å². The van der Waals surface area contributed by atoms with Gasteiger partial charge in [-0.05, 0) is 43.9 Å². The Morgan fingerprint density at radius 1 is 1.20 bits per heavy atom. The van der Waals surface area contributed by atoms with Crippen LogP contribution in [-0.4, -0.2) is 18.0 Å². The van der Waals surface area contributed by atoms with Crippen molar-refractivity contribution >= 4 is 5.91 Å². The van der Waals surface area contributed by atoms with Crippen molar-refractivity contribution < 1.29 is 4.79 Å². The minimum Gasteiger partial charge on any atom is -0.353 e. The van der Waals surface area contributed by atoms with Gasteiger partial charge in [0.25, 0.3) is 0 Å². The maximum atomic E-state index is 12.5. The van der Waals surface area contributed by atoms with Crippen molar-refractivity contribution in [1.29, 1.82) is 0 Å². The molecule has 0 aromatic heterocycles. The summed E-state index contributed by atoms with van der Waals surface area (Å²) in [5.41, 5.74) is 6.05. The first-order valence-corrected chi connectivity index (χ1v) is 8.66. The van der Waals surface area contributed by atoms with Crippen LogP contribution in [0.3, 0.4) is 0 Å². The van der Waals surface area contributed by atoms with Crippen molar-refractivity contribution in [3.05, 3.63) is 0 Å². The summed E-state index contributed by atoms with van der Waals surface area (Å²) in [7, 11) is 0. The number of rotatable bonds is 4. The fourth-order valence-corrected chi connectivity index (χ4v) is 4.06. The van der Waals surface area contributed by atoms with E-state index in [9.17, 15) is 4.79 Å². The van der Waals surface area contributed by atoms with Crippen LogP contribution in [0.25, 0.3) is 0 Å². The van der Waals surface area contributed by atoms with E-state index >= 15 is 0 Å². The lowest BCUT2D eigenvalue weighted by Crippen LogP contribution is -2.44. The minimum absolute atomic E-state index is 0.128. The van der Waals surface area contributed by atoms with Gasteiger partial charge in [0, 0.05) is 18.0 Å². The zero-order valence-corrected chi connectivity index (χ0v) is 13.2. The average Bonchev–Trinajstić information content (AvgIpc) is 2.46. The molecule has 0 aromatic rings. The molecule has 20 heavy (non-hydrogen) atoms. The van der Waals surface area contributed by atoms with Crippen LogP contribution < -0.4 is 11.1 Å². The molecule has 2 aliphatic rings. The van der Waals surface area contributed by atoms with Gasteiger partial charge in [-0.1, -0.05) is 39.5 Å². The van der Waals surface area contributed by atoms with Crippen molar-refractivity contribution in [1.82, 2.24) is 5.32 Å². The van der Waals surface area contributed by atoms with Gasteiger partial charge in [-0.25, -0.2) is 0 Å². The Hall–Kier alpha value is -0.570. The third-order valence-electron chi connectivity index (χ3n) is 5.58. The molecule has 0 spiro atoms. The van der Waals surface area contributed by atoms with Gasteiger partial charge in [-0.15, -0.1) is 0 Å². The van der Waals surface area contributed by atoms with Crippen LogP contribution >= 0.6 is 0 Å². The van der Waals surface area contributed by atoms with Crippen LogP contribution in [0, 0.1) is 17.8 Å². The maximum Gasteiger partial charge on any atom is 0.223 e. The molecule has 5 atom stereocenters. The SMILES string of the molecule is CCC1CCCC(NC(=O)C(C)C2CCCC(N)C2)C1. The second-order valence-electron chi connectivity index (χ2n) is 7.12. The molecule has 0 aromatic carbocycles. The van der Waals surface area contributed by atoms with E-state index in [2.05, 4.69) is 19.2 Å². The molecule has 0 saturated heterocycles. The lowest BCUT2D eigenvalue weighted by Gasteiger charge is -2.33. The number of carbonyl (C=O) groups excluding carboxylic acids is 1. The summed E-state index contributed by atoms with van der Waals surface area (Å²) in [6.45, 7) is 4.36. The summed E-state index contributed by atoms with van der Waals surface area (Å²) in [5.74, 6) is 1.70. The monoisotopic (exact) mass is 280 g/mol. The van der Waals surface area contributed by atoms with Gasteiger partial charge >= 0.3 is 0 Å². The van der Waals surface area contributed by atoms with Crippen molar-refractivity contribution in [2.45, 2.75) is 83.7 Å². The molecule has 3 N–H and O–H groups in total. The number of hydrogen-bond acceptors (Lipinski definition) is 2. The van der Waals surface area contributed by atoms with Crippen LogP contribution in [0.2, 0.25) is 0 Å². The highest BCUT2D eigenvalue weighted by molar-refractivity contribution is 5.78. The van der Waals surface area contributed by atoms with E-state index in [1.165, 1.54) is 44.9 Å². The standard InChI is InChI=1S/C17H32N2O/c1-3-13-6-4-9-16(10-13)19-17(20)12(2)14-7-5-8-15(18)11-14/h12-16H,3-11,18H2,1-2H3,(H,19,20). The lowest BCUT2D eigenvalue weighted by molar-refractivity contribution is -0.127. The first-order chi connectivity index (χ1) is 9.60. The van der Waals surface area contributed by atoms with E-state index in [-0.39, 0.29) is 11.8 Å². The number of amides is 1. The smallest absolute Gasteiger partial charge is 0.223 e. The molecule has 0 heterocycles. The van der Waals surface area contributed by atoms with Crippen molar-refractivity contribution in [3.8, 4) is 0 Å². The summed E-state index contributed by atoms with van der Waals surface area (Å²) in [6.07, 6.45) is 10.7. The molecule has 5 unspecified atom stereocenters. The average molecular weight is 280 g/mol. The molecule has 0 radical (unpaired) electrons. The number of nitrogens with two attached hydrogens (primary N) is 1. The number of nitrogens with one attached hydrogen (secondary N) is 1. The normalized spacial score (nSPS) is 36.4. The zero-order chi connectivity index (χ0) is 14.5. The van der Waals surface area contributed by atoms with Crippen LogP contribution in [-0.2, 0) is 4.79 Å². The number of carbonyl (C=O) groups is 1. The van der Waals surface area contributed by atoms with Crippen molar-refractivity contribution in [2.75, 3.05) is 0 Å². The summed E-state index contributed by atoms with van der Waals surface area (Å²) in [6, 6.07) is 0.726. The van der Waals surface area contributed by atoms with E-state index in [1.807, 2.05) is 0 Å². The predicted molar refractivity (Wildman–Crippen MR) is 83.3 cm³/mol. The molecule has 2 saturated carbocycles. The van der Waals surface area contributed by atoms with Crippen LogP contribution in [0.5, 0.6) is 0 Å². The van der Waals surface area contributed by atoms with Gasteiger partial charge in [0.2, 0.25) is 5.91 Å². The Morgan fingerprint density at radius 3 is 2.65 bits per heavy atom. The van der Waals surface area contributed by atoms with Gasteiger partial charge < -0.3 is 11.1 Å². The van der Waals surface area contributed by atoms with Crippen LogP contribution in [0.15, 0.2) is 0 Å². The van der Waals surface area contributed by atoms with E-state index in [0.717, 1.165) is 18.8 Å². The Morgan fingerprint density at radius 2 is 1.95 bits per heavy atom. The summed E-state index contributed by atoms with van der Waals surface area (Å²) in [4.78, 5) is 12.5. The highest BCUT2D eigenvalue weighted by atomic mass is 16.1. The Balaban J connectivity index is 1.81. The first kappa shape index (κ1) is 15.8. The van der Waals surface area contributed by atoms with Crippen LogP contribution in [0.1, 0.15) is 71.6 Å². The third kappa shape index (κ3) is 4.21. The highest BCUT2D eigenvalue weighted by Crippen LogP contribution is 2.31. The molecule has 3 heteroatoms. The fraction of sp³-hybridized carbons (Fsp3) is 0.941. The van der Waals surface area contributed by atoms with Crippen LogP contribution in [0.4, 0.5) is 0 Å². The fourth-order valence-electron chi connectivity index (χ4n) is 4.06. The highest BCUT2D eigenvalue weighted by Gasteiger charge is 2.30. The molecule has 2 rings (SSSR count).